The van der Waals surface area contributed by atoms with Crippen molar-refractivity contribution in [2.75, 3.05) is 13.1 Å². The summed E-state index contributed by atoms with van der Waals surface area (Å²) < 4.78 is 14.1. The molecule has 1 heterocycles. The topological polar surface area (TPSA) is 101 Å². The molecule has 1 saturated carbocycles. The first-order valence-electron chi connectivity index (χ1n) is 10.2. The fraction of sp³-hybridized carbons (Fsp3) is 0.280. The summed E-state index contributed by atoms with van der Waals surface area (Å²) in [6.45, 7) is 2.05. The van der Waals surface area contributed by atoms with Crippen molar-refractivity contribution < 1.29 is 14.7 Å². The second-order valence-electron chi connectivity index (χ2n) is 8.20. The summed E-state index contributed by atoms with van der Waals surface area (Å²) in [6, 6.07) is 22.7. The second kappa shape index (κ2) is 8.15. The van der Waals surface area contributed by atoms with E-state index in [0.717, 1.165) is 6.54 Å². The van der Waals surface area contributed by atoms with Crippen LogP contribution < -0.4 is 10.3 Å². The van der Waals surface area contributed by atoms with Gasteiger partial charge in [-0.25, -0.2) is 4.39 Å². The molecule has 4 atom stereocenters. The molecule has 0 bridgehead atoms. The van der Waals surface area contributed by atoms with Crippen molar-refractivity contribution in [3.63, 3.8) is 0 Å². The lowest BCUT2D eigenvalue weighted by molar-refractivity contribution is -0.913. The number of nitrogens with one attached hydrogen (secondary N) is 1. The van der Waals surface area contributed by atoms with Crippen LogP contribution in [-0.2, 0) is 6.54 Å². The van der Waals surface area contributed by atoms with Crippen molar-refractivity contribution >= 4 is 5.71 Å². The van der Waals surface area contributed by atoms with Crippen LogP contribution in [-0.4, -0.2) is 18.8 Å². The van der Waals surface area contributed by atoms with Gasteiger partial charge in [0.15, 0.2) is 0 Å². The average molecular weight is 411 g/mol. The highest BCUT2D eigenvalue weighted by atomic mass is 19.1. The number of rotatable bonds is 3. The first kappa shape index (κ1) is 20.5. The molecule has 6 heteroatoms. The van der Waals surface area contributed by atoms with Gasteiger partial charge in [-0.3, -0.25) is 5.41 Å². The predicted molar refractivity (Wildman–Crippen MR) is 111 cm³/mol. The van der Waals surface area contributed by atoms with Crippen molar-refractivity contribution in [2.45, 2.75) is 12.5 Å². The van der Waals surface area contributed by atoms with Gasteiger partial charge >= 0.3 is 0 Å². The number of nitrogens with two attached hydrogens (primary N) is 1. The molecule has 0 amide bonds. The number of quaternary nitrogens is 1. The van der Waals surface area contributed by atoms with E-state index in [0.29, 0.717) is 24.2 Å². The van der Waals surface area contributed by atoms with Gasteiger partial charge < -0.3 is 4.90 Å². The minimum absolute atomic E-state index is 0.0447. The fourth-order valence-corrected chi connectivity index (χ4v) is 5.09. The largest absolute Gasteiger partial charge is 0.327 e. The molecule has 0 spiro atoms. The van der Waals surface area contributed by atoms with Gasteiger partial charge in [0.1, 0.15) is 30.4 Å². The van der Waals surface area contributed by atoms with Gasteiger partial charge in [0.05, 0.1) is 19.2 Å². The Hall–Kier alpha value is -3.79. The number of nitriles is 3. The van der Waals surface area contributed by atoms with E-state index in [2.05, 4.69) is 30.3 Å². The Morgan fingerprint density at radius 3 is 2.45 bits per heavy atom. The quantitative estimate of drug-likeness (QED) is 0.735. The molecule has 1 unspecified atom stereocenters. The van der Waals surface area contributed by atoms with Gasteiger partial charge in [0, 0.05) is 17.4 Å². The zero-order valence-electron chi connectivity index (χ0n) is 16.9. The maximum absolute atomic E-state index is 14.1. The maximum Gasteiger partial charge on any atom is 0.244 e. The molecule has 0 aromatic heterocycles. The highest BCUT2D eigenvalue weighted by molar-refractivity contribution is 5.99. The van der Waals surface area contributed by atoms with E-state index in [-0.39, 0.29) is 17.4 Å². The number of fused-ring (bicyclic) bond motifs is 1. The number of hydrogen-bond acceptors (Lipinski definition) is 3. The zero-order valence-corrected chi connectivity index (χ0v) is 16.9. The SMILES string of the molecule is N#C[C@H]1C(=[NH2+])C(C#N)(C#N)C2=CC[NH+](Cc3ccccc3)C[C@H]2[C@@H]1c1cccc(F)c1. The van der Waals surface area contributed by atoms with Gasteiger partial charge in [-0.2, -0.15) is 15.8 Å². The minimum atomic E-state index is -1.63. The van der Waals surface area contributed by atoms with E-state index in [4.69, 9.17) is 5.41 Å². The summed E-state index contributed by atoms with van der Waals surface area (Å²) in [5.41, 5.74) is 0.904. The average Bonchev–Trinajstić information content (AvgIpc) is 2.79. The highest BCUT2D eigenvalue weighted by Crippen LogP contribution is 2.50. The van der Waals surface area contributed by atoms with Gasteiger partial charge in [0.25, 0.3) is 0 Å². The number of nitrogens with zero attached hydrogens (tertiary/aromatic N) is 3. The monoisotopic (exact) mass is 411 g/mol. The number of benzene rings is 2. The molecule has 0 radical (unpaired) electrons. The molecule has 4 rings (SSSR count). The van der Waals surface area contributed by atoms with Gasteiger partial charge in [-0.1, -0.05) is 42.5 Å². The number of hydrogen-bond donors (Lipinski definition) is 2. The Bertz CT molecular complexity index is 1150. The van der Waals surface area contributed by atoms with Crippen LogP contribution in [0.1, 0.15) is 17.0 Å². The summed E-state index contributed by atoms with van der Waals surface area (Å²) in [4.78, 5) is 1.25. The molecule has 1 fully saturated rings. The summed E-state index contributed by atoms with van der Waals surface area (Å²) in [5.74, 6) is -1.95. The van der Waals surface area contributed by atoms with Crippen LogP contribution in [0.4, 0.5) is 4.39 Å². The van der Waals surface area contributed by atoms with Crippen molar-refractivity contribution in [2.24, 2.45) is 17.3 Å². The lowest BCUT2D eigenvalue weighted by Gasteiger charge is -2.44. The molecule has 2 aromatic carbocycles. The minimum Gasteiger partial charge on any atom is -0.327 e. The second-order valence-corrected chi connectivity index (χ2v) is 8.20. The van der Waals surface area contributed by atoms with Crippen LogP contribution >= 0.6 is 0 Å². The molecule has 5 nitrogen and oxygen atoms in total. The van der Waals surface area contributed by atoms with Crippen molar-refractivity contribution in [3.8, 4) is 18.2 Å². The standard InChI is InChI=1S/C25H20FN5/c26-19-8-4-7-18(11-19)23-20(12-27)24(30)25(15-28,16-29)22-9-10-31(14-21(22)23)13-17-5-2-1-3-6-17/h1-9,11,20-21,23,30H,10,13-14H2/p+2/t20-,21-,23-/m1/s1. The summed E-state index contributed by atoms with van der Waals surface area (Å²) >= 11 is 0. The van der Waals surface area contributed by atoms with Crippen molar-refractivity contribution in [3.05, 3.63) is 83.2 Å². The molecule has 31 heavy (non-hydrogen) atoms. The van der Waals surface area contributed by atoms with Crippen LogP contribution in [0.25, 0.3) is 0 Å². The Labute approximate surface area is 180 Å². The van der Waals surface area contributed by atoms with E-state index >= 15 is 0 Å². The van der Waals surface area contributed by atoms with Crippen LogP contribution in [0.15, 0.2) is 66.2 Å². The maximum atomic E-state index is 14.1. The lowest BCUT2D eigenvalue weighted by atomic mass is 9.55. The molecule has 2 aliphatic rings. The number of halogens is 1. The lowest BCUT2D eigenvalue weighted by Crippen LogP contribution is -3.12. The molecule has 0 saturated heterocycles. The van der Waals surface area contributed by atoms with Crippen LogP contribution in [0.2, 0.25) is 0 Å². The molecular formula is C25H22FN5+2. The van der Waals surface area contributed by atoms with Gasteiger partial charge in [-0.05, 0) is 29.3 Å². The van der Waals surface area contributed by atoms with E-state index in [1.54, 1.807) is 12.1 Å². The predicted octanol–water partition coefficient (Wildman–Crippen LogP) is 0.938. The Morgan fingerprint density at radius 1 is 1.06 bits per heavy atom. The molecule has 1 aliphatic heterocycles. The van der Waals surface area contributed by atoms with E-state index in [1.807, 2.05) is 24.3 Å². The smallest absolute Gasteiger partial charge is 0.244 e. The summed E-state index contributed by atoms with van der Waals surface area (Å²) in [7, 11) is 0. The van der Waals surface area contributed by atoms with Crippen LogP contribution in [0.5, 0.6) is 0 Å². The Kier molecular flexibility index (Phi) is 5.38. The summed E-state index contributed by atoms with van der Waals surface area (Å²) in [6.07, 6.45) is 1.94. The third-order valence-corrected chi connectivity index (χ3v) is 6.52. The van der Waals surface area contributed by atoms with Gasteiger partial charge in [0.2, 0.25) is 11.1 Å². The Morgan fingerprint density at radius 2 is 1.81 bits per heavy atom. The normalized spacial score (nSPS) is 26.5. The van der Waals surface area contributed by atoms with Crippen molar-refractivity contribution in [1.29, 1.82) is 15.8 Å². The molecule has 3 N–H and O–H groups in total. The van der Waals surface area contributed by atoms with Crippen molar-refractivity contribution in [1.82, 2.24) is 0 Å². The Balaban J connectivity index is 1.81. The van der Waals surface area contributed by atoms with Crippen LogP contribution in [0, 0.1) is 57.1 Å². The van der Waals surface area contributed by atoms with E-state index < -0.39 is 17.3 Å². The summed E-state index contributed by atoms with van der Waals surface area (Å²) in [5, 5.41) is 36.3. The molecule has 2 aromatic rings. The third-order valence-electron chi connectivity index (χ3n) is 6.52. The molecule has 152 valence electrons. The zero-order chi connectivity index (χ0) is 22.0. The first-order chi connectivity index (χ1) is 15.0. The van der Waals surface area contributed by atoms with Crippen LogP contribution in [0.3, 0.4) is 0 Å². The van der Waals surface area contributed by atoms with E-state index in [9.17, 15) is 20.2 Å². The van der Waals surface area contributed by atoms with E-state index in [1.165, 1.54) is 22.6 Å². The molecule has 1 aliphatic carbocycles. The first-order valence-corrected chi connectivity index (χ1v) is 10.2. The molecular weight excluding hydrogens is 389 g/mol. The fourth-order valence-electron chi connectivity index (χ4n) is 5.09. The van der Waals surface area contributed by atoms with Gasteiger partial charge in [-0.15, -0.1) is 0 Å². The third kappa shape index (κ3) is 3.40. The highest BCUT2D eigenvalue weighted by Gasteiger charge is 2.60.